The predicted molar refractivity (Wildman–Crippen MR) is 106 cm³/mol. The van der Waals surface area contributed by atoms with Crippen LogP contribution in [-0.2, 0) is 29.2 Å². The quantitative estimate of drug-likeness (QED) is 0.706. The van der Waals surface area contributed by atoms with E-state index in [1.54, 1.807) is 37.3 Å². The van der Waals surface area contributed by atoms with Crippen molar-refractivity contribution < 1.29 is 26.4 Å². The van der Waals surface area contributed by atoms with Crippen molar-refractivity contribution in [3.8, 4) is 11.1 Å². The number of sulfone groups is 2. The van der Waals surface area contributed by atoms with E-state index in [9.17, 15) is 21.6 Å². The number of benzene rings is 2. The molecule has 0 atom stereocenters. The second-order valence-electron chi connectivity index (χ2n) is 6.38. The molecule has 6 nitrogen and oxygen atoms in total. The van der Waals surface area contributed by atoms with E-state index in [0.29, 0.717) is 16.7 Å². The molecule has 1 heterocycles. The Morgan fingerprint density at radius 2 is 1.86 bits per heavy atom. The lowest BCUT2D eigenvalue weighted by Crippen LogP contribution is -2.10. The maximum absolute atomic E-state index is 12.6. The lowest BCUT2D eigenvalue weighted by molar-refractivity contribution is -0.136. The number of methoxy groups -OCH3 is 1. The van der Waals surface area contributed by atoms with Crippen LogP contribution >= 0.6 is 0 Å². The molecule has 2 aromatic carbocycles. The molecule has 3 rings (SSSR count). The van der Waals surface area contributed by atoms with Gasteiger partial charge < -0.3 is 4.74 Å². The zero-order chi connectivity index (χ0) is 20.5. The standard InChI is InChI=1S/C20H20O6S2/c1-3-27(22,23)19-7-5-4-6-17(19)14-8-9-18-16(12-14)13-15(20(21)26-2)10-11-28(18,24)25/h4-9,12-13H,3,10-11H2,1-2H3. The number of esters is 1. The zero-order valence-corrected chi connectivity index (χ0v) is 17.1. The van der Waals surface area contributed by atoms with E-state index in [4.69, 9.17) is 4.74 Å². The highest BCUT2D eigenvalue weighted by Crippen LogP contribution is 2.33. The van der Waals surface area contributed by atoms with Gasteiger partial charge in [-0.3, -0.25) is 0 Å². The largest absolute Gasteiger partial charge is 0.466 e. The van der Waals surface area contributed by atoms with Crippen LogP contribution in [0.3, 0.4) is 0 Å². The summed E-state index contributed by atoms with van der Waals surface area (Å²) in [6, 6.07) is 11.2. The Morgan fingerprint density at radius 3 is 2.54 bits per heavy atom. The Bertz CT molecular complexity index is 1170. The van der Waals surface area contributed by atoms with Crippen molar-refractivity contribution >= 4 is 31.7 Å². The van der Waals surface area contributed by atoms with Gasteiger partial charge in [0.15, 0.2) is 19.7 Å². The summed E-state index contributed by atoms with van der Waals surface area (Å²) >= 11 is 0. The van der Waals surface area contributed by atoms with E-state index in [1.165, 1.54) is 25.3 Å². The van der Waals surface area contributed by atoms with Crippen molar-refractivity contribution in [1.82, 2.24) is 0 Å². The molecule has 28 heavy (non-hydrogen) atoms. The Kier molecular flexibility index (Phi) is 5.45. The normalized spacial score (nSPS) is 15.9. The molecule has 0 unspecified atom stereocenters. The van der Waals surface area contributed by atoms with Gasteiger partial charge in [0.1, 0.15) is 0 Å². The van der Waals surface area contributed by atoms with E-state index in [1.807, 2.05) is 0 Å². The number of carbonyl (C=O) groups is 1. The monoisotopic (exact) mass is 420 g/mol. The molecule has 1 aliphatic heterocycles. The molecular formula is C20H20O6S2. The van der Waals surface area contributed by atoms with Gasteiger partial charge in [-0.2, -0.15) is 0 Å². The minimum absolute atomic E-state index is 0.0459. The van der Waals surface area contributed by atoms with E-state index >= 15 is 0 Å². The lowest BCUT2D eigenvalue weighted by Gasteiger charge is -2.12. The number of hydrogen-bond acceptors (Lipinski definition) is 6. The highest BCUT2D eigenvalue weighted by Gasteiger charge is 2.26. The molecule has 2 aromatic rings. The number of ether oxygens (including phenoxy) is 1. The van der Waals surface area contributed by atoms with E-state index < -0.39 is 25.6 Å². The first-order chi connectivity index (χ1) is 13.2. The molecule has 0 bridgehead atoms. The maximum atomic E-state index is 12.6. The summed E-state index contributed by atoms with van der Waals surface area (Å²) in [5.74, 6) is -0.820. The minimum Gasteiger partial charge on any atom is -0.466 e. The lowest BCUT2D eigenvalue weighted by atomic mass is 10.0. The summed E-state index contributed by atoms with van der Waals surface area (Å²) in [5, 5.41) is 0. The topological polar surface area (TPSA) is 94.6 Å². The molecule has 0 spiro atoms. The molecule has 0 aromatic heterocycles. The number of fused-ring (bicyclic) bond motifs is 1. The van der Waals surface area contributed by atoms with Gasteiger partial charge in [-0.25, -0.2) is 21.6 Å². The van der Waals surface area contributed by atoms with Gasteiger partial charge in [0.05, 0.1) is 28.4 Å². The van der Waals surface area contributed by atoms with Crippen LogP contribution in [0.25, 0.3) is 17.2 Å². The van der Waals surface area contributed by atoms with Gasteiger partial charge in [0, 0.05) is 11.1 Å². The van der Waals surface area contributed by atoms with E-state index in [2.05, 4.69) is 0 Å². The highest BCUT2D eigenvalue weighted by atomic mass is 32.2. The first-order valence-electron chi connectivity index (χ1n) is 8.67. The van der Waals surface area contributed by atoms with Gasteiger partial charge >= 0.3 is 5.97 Å². The molecule has 0 fully saturated rings. The van der Waals surface area contributed by atoms with Crippen LogP contribution in [0.2, 0.25) is 0 Å². The van der Waals surface area contributed by atoms with Crippen LogP contribution in [0, 0.1) is 0 Å². The molecule has 0 amide bonds. The van der Waals surface area contributed by atoms with Crippen molar-refractivity contribution in [2.75, 3.05) is 18.6 Å². The highest BCUT2D eigenvalue weighted by molar-refractivity contribution is 7.91. The summed E-state index contributed by atoms with van der Waals surface area (Å²) in [5.41, 5.74) is 1.65. The zero-order valence-electron chi connectivity index (χ0n) is 15.5. The summed E-state index contributed by atoms with van der Waals surface area (Å²) < 4.78 is 54.8. The smallest absolute Gasteiger partial charge is 0.333 e. The van der Waals surface area contributed by atoms with Crippen LogP contribution in [-0.4, -0.2) is 41.4 Å². The van der Waals surface area contributed by atoms with Crippen molar-refractivity contribution in [3.05, 3.63) is 53.6 Å². The van der Waals surface area contributed by atoms with Crippen molar-refractivity contribution in [1.29, 1.82) is 0 Å². The Balaban J connectivity index is 2.24. The number of rotatable bonds is 4. The van der Waals surface area contributed by atoms with Crippen LogP contribution in [0.1, 0.15) is 18.9 Å². The third-order valence-electron chi connectivity index (χ3n) is 4.68. The Morgan fingerprint density at radius 1 is 1.14 bits per heavy atom. The van der Waals surface area contributed by atoms with Gasteiger partial charge in [-0.05, 0) is 41.8 Å². The van der Waals surface area contributed by atoms with Gasteiger partial charge in [0.25, 0.3) is 0 Å². The second-order valence-corrected chi connectivity index (χ2v) is 10.7. The summed E-state index contributed by atoms with van der Waals surface area (Å²) in [6.07, 6.45) is 1.56. The van der Waals surface area contributed by atoms with Crippen LogP contribution in [0.5, 0.6) is 0 Å². The second kappa shape index (κ2) is 7.52. The van der Waals surface area contributed by atoms with Crippen molar-refractivity contribution in [2.24, 2.45) is 0 Å². The molecule has 8 heteroatoms. The molecule has 1 aliphatic rings. The first-order valence-corrected chi connectivity index (χ1v) is 12.0. The third kappa shape index (κ3) is 3.74. The molecular weight excluding hydrogens is 400 g/mol. The first kappa shape index (κ1) is 20.3. The fourth-order valence-corrected chi connectivity index (χ4v) is 5.73. The SMILES string of the molecule is CCS(=O)(=O)c1ccccc1-c1ccc2c(c1)C=C(C(=O)OC)CCS2(=O)=O. The fourth-order valence-electron chi connectivity index (χ4n) is 3.15. The average molecular weight is 421 g/mol. The predicted octanol–water partition coefficient (Wildman–Crippen LogP) is 2.88. The maximum Gasteiger partial charge on any atom is 0.333 e. The van der Waals surface area contributed by atoms with Crippen molar-refractivity contribution in [2.45, 2.75) is 23.1 Å². The summed E-state index contributed by atoms with van der Waals surface area (Å²) in [4.78, 5) is 12.3. The van der Waals surface area contributed by atoms with Gasteiger partial charge in [-0.15, -0.1) is 0 Å². The molecule has 0 saturated carbocycles. The number of carbonyl (C=O) groups excluding carboxylic acids is 1. The molecule has 0 aliphatic carbocycles. The average Bonchev–Trinajstić information content (AvgIpc) is 2.83. The number of hydrogen-bond donors (Lipinski definition) is 0. The molecule has 0 N–H and O–H groups in total. The summed E-state index contributed by atoms with van der Waals surface area (Å²) in [6.45, 7) is 1.57. The minimum atomic E-state index is -3.57. The van der Waals surface area contributed by atoms with Crippen molar-refractivity contribution in [3.63, 3.8) is 0 Å². The van der Waals surface area contributed by atoms with Gasteiger partial charge in [-0.1, -0.05) is 31.2 Å². The molecule has 0 saturated heterocycles. The third-order valence-corrected chi connectivity index (χ3v) is 8.25. The van der Waals surface area contributed by atoms with Gasteiger partial charge in [0.2, 0.25) is 0 Å². The van der Waals surface area contributed by atoms with E-state index in [-0.39, 0.29) is 33.3 Å². The van der Waals surface area contributed by atoms with Crippen LogP contribution in [0.4, 0.5) is 0 Å². The van der Waals surface area contributed by atoms with E-state index in [0.717, 1.165) is 0 Å². The fraction of sp³-hybridized carbons (Fsp3) is 0.250. The van der Waals surface area contributed by atoms with Crippen LogP contribution in [0.15, 0.2) is 57.8 Å². The Labute approximate surface area is 164 Å². The summed E-state index contributed by atoms with van der Waals surface area (Å²) in [7, 11) is -5.80. The Hall–Kier alpha value is -2.45. The molecule has 0 radical (unpaired) electrons. The van der Waals surface area contributed by atoms with Crippen LogP contribution < -0.4 is 0 Å². The molecule has 148 valence electrons.